The molecule has 0 aliphatic carbocycles. The Balaban J connectivity index is 1.62. The zero-order chi connectivity index (χ0) is 19.1. The van der Waals surface area contributed by atoms with Crippen LogP contribution in [0, 0.1) is 0 Å². The maximum absolute atomic E-state index is 12.6. The lowest BCUT2D eigenvalue weighted by Crippen LogP contribution is -2.43. The minimum Gasteiger partial charge on any atom is -0.491 e. The second-order valence-corrected chi connectivity index (χ2v) is 6.59. The third kappa shape index (κ3) is 2.88. The number of amides is 1. The minimum absolute atomic E-state index is 0.175. The molecule has 0 spiro atoms. The quantitative estimate of drug-likeness (QED) is 0.707. The van der Waals surface area contributed by atoms with Crippen LogP contribution in [-0.2, 0) is 20.5 Å². The SMILES string of the molecule is Cn1c(=O)c2cc(C(=O)NC3COc4ccccc4C3)cnc2n(C)c1=O. The number of benzene rings is 1. The molecule has 8 nitrogen and oxygen atoms in total. The summed E-state index contributed by atoms with van der Waals surface area (Å²) >= 11 is 0. The van der Waals surface area contributed by atoms with Crippen molar-refractivity contribution < 1.29 is 9.53 Å². The molecule has 1 aliphatic rings. The molecule has 0 saturated carbocycles. The van der Waals surface area contributed by atoms with Crippen LogP contribution < -0.4 is 21.3 Å². The molecule has 3 aromatic rings. The number of fused-ring (bicyclic) bond motifs is 2. The zero-order valence-corrected chi connectivity index (χ0v) is 14.9. The van der Waals surface area contributed by atoms with E-state index in [-0.39, 0.29) is 28.5 Å². The van der Waals surface area contributed by atoms with Gasteiger partial charge in [-0.05, 0) is 24.1 Å². The molecule has 4 rings (SSSR count). The van der Waals surface area contributed by atoms with Crippen molar-refractivity contribution in [2.75, 3.05) is 6.61 Å². The van der Waals surface area contributed by atoms with Crippen LogP contribution in [0.3, 0.4) is 0 Å². The van der Waals surface area contributed by atoms with Crippen molar-refractivity contribution in [2.45, 2.75) is 12.5 Å². The van der Waals surface area contributed by atoms with E-state index < -0.39 is 11.2 Å². The van der Waals surface area contributed by atoms with Gasteiger partial charge in [0, 0.05) is 20.3 Å². The van der Waals surface area contributed by atoms with Crippen LogP contribution in [0.4, 0.5) is 0 Å². The fourth-order valence-electron chi connectivity index (χ4n) is 3.28. The van der Waals surface area contributed by atoms with Gasteiger partial charge in [-0.15, -0.1) is 0 Å². The molecule has 0 bridgehead atoms. The molecule has 1 amide bonds. The van der Waals surface area contributed by atoms with Crippen LogP contribution in [0.1, 0.15) is 15.9 Å². The summed E-state index contributed by atoms with van der Waals surface area (Å²) < 4.78 is 7.96. The number of ether oxygens (including phenoxy) is 1. The summed E-state index contributed by atoms with van der Waals surface area (Å²) in [6, 6.07) is 9.00. The van der Waals surface area contributed by atoms with E-state index >= 15 is 0 Å². The number of carbonyl (C=O) groups excluding carboxylic acids is 1. The van der Waals surface area contributed by atoms with Crippen LogP contribution in [0.2, 0.25) is 0 Å². The second kappa shape index (κ2) is 6.39. The Bertz CT molecular complexity index is 1180. The number of nitrogens with zero attached hydrogens (tertiary/aromatic N) is 3. The summed E-state index contributed by atoms with van der Waals surface area (Å²) in [5.41, 5.74) is 0.599. The van der Waals surface area contributed by atoms with Gasteiger partial charge in [0.05, 0.1) is 17.0 Å². The molecule has 1 aliphatic heterocycles. The van der Waals surface area contributed by atoms with Crippen molar-refractivity contribution in [1.29, 1.82) is 0 Å². The molecule has 0 saturated heterocycles. The summed E-state index contributed by atoms with van der Waals surface area (Å²) in [7, 11) is 2.93. The van der Waals surface area contributed by atoms with Gasteiger partial charge in [-0.1, -0.05) is 18.2 Å². The zero-order valence-electron chi connectivity index (χ0n) is 14.9. The summed E-state index contributed by atoms with van der Waals surface area (Å²) in [6.07, 6.45) is 2.04. The summed E-state index contributed by atoms with van der Waals surface area (Å²) in [4.78, 5) is 41.1. The molecule has 1 atom stereocenters. The Kier molecular flexibility index (Phi) is 4.02. The van der Waals surface area contributed by atoms with E-state index in [4.69, 9.17) is 4.74 Å². The first-order valence-electron chi connectivity index (χ1n) is 8.53. The molecular formula is C19H18N4O4. The maximum Gasteiger partial charge on any atom is 0.332 e. The van der Waals surface area contributed by atoms with Crippen molar-refractivity contribution in [1.82, 2.24) is 19.4 Å². The fraction of sp³-hybridized carbons (Fsp3) is 0.263. The molecule has 27 heavy (non-hydrogen) atoms. The Morgan fingerprint density at radius 1 is 1.22 bits per heavy atom. The Morgan fingerprint density at radius 2 is 2.00 bits per heavy atom. The van der Waals surface area contributed by atoms with Gasteiger partial charge in [0.1, 0.15) is 18.0 Å². The predicted octanol–water partition coefficient (Wildman–Crippen LogP) is 0.366. The van der Waals surface area contributed by atoms with Gasteiger partial charge in [-0.2, -0.15) is 0 Å². The first-order chi connectivity index (χ1) is 13.0. The average Bonchev–Trinajstić information content (AvgIpc) is 2.70. The number of carbonyl (C=O) groups is 1. The monoisotopic (exact) mass is 366 g/mol. The molecule has 1 unspecified atom stereocenters. The van der Waals surface area contributed by atoms with E-state index in [1.165, 1.54) is 30.9 Å². The molecule has 1 N–H and O–H groups in total. The molecule has 138 valence electrons. The van der Waals surface area contributed by atoms with E-state index in [1.807, 2.05) is 24.3 Å². The Hall–Kier alpha value is -3.42. The first kappa shape index (κ1) is 17.0. The third-order valence-electron chi connectivity index (χ3n) is 4.77. The highest BCUT2D eigenvalue weighted by atomic mass is 16.5. The van der Waals surface area contributed by atoms with Crippen LogP contribution in [0.15, 0.2) is 46.1 Å². The van der Waals surface area contributed by atoms with E-state index in [9.17, 15) is 14.4 Å². The molecule has 8 heteroatoms. The normalized spacial score (nSPS) is 15.9. The number of rotatable bonds is 2. The van der Waals surface area contributed by atoms with Crippen molar-refractivity contribution in [3.8, 4) is 5.75 Å². The lowest BCUT2D eigenvalue weighted by atomic mass is 10.0. The molecule has 1 aromatic carbocycles. The standard InChI is InChI=1S/C19H18N4O4/c1-22-16-14(18(25)23(2)19(22)26)8-12(9-20-16)17(24)21-13-7-11-5-3-4-6-15(11)27-10-13/h3-6,8-9,13H,7,10H2,1-2H3,(H,21,24). The van der Waals surface area contributed by atoms with E-state index in [0.717, 1.165) is 15.9 Å². The number of pyridine rings is 1. The topological polar surface area (TPSA) is 95.2 Å². The second-order valence-electron chi connectivity index (χ2n) is 6.59. The number of nitrogens with one attached hydrogen (secondary N) is 1. The van der Waals surface area contributed by atoms with Gasteiger partial charge in [0.15, 0.2) is 0 Å². The van der Waals surface area contributed by atoms with Crippen molar-refractivity contribution in [2.24, 2.45) is 14.1 Å². The van der Waals surface area contributed by atoms with Gasteiger partial charge < -0.3 is 10.1 Å². The number of aryl methyl sites for hydroxylation is 1. The molecule has 0 fully saturated rings. The van der Waals surface area contributed by atoms with E-state index in [1.54, 1.807) is 0 Å². The predicted molar refractivity (Wildman–Crippen MR) is 99.1 cm³/mol. The van der Waals surface area contributed by atoms with Crippen molar-refractivity contribution in [3.63, 3.8) is 0 Å². The fourth-order valence-corrected chi connectivity index (χ4v) is 3.28. The number of aromatic nitrogens is 3. The smallest absolute Gasteiger partial charge is 0.332 e. The largest absolute Gasteiger partial charge is 0.491 e. The highest BCUT2D eigenvalue weighted by Gasteiger charge is 2.22. The van der Waals surface area contributed by atoms with Crippen LogP contribution >= 0.6 is 0 Å². The summed E-state index contributed by atoms with van der Waals surface area (Å²) in [5, 5.41) is 3.14. The third-order valence-corrected chi connectivity index (χ3v) is 4.77. The van der Waals surface area contributed by atoms with Gasteiger partial charge >= 0.3 is 5.69 Å². The molecule has 0 radical (unpaired) electrons. The lowest BCUT2D eigenvalue weighted by molar-refractivity contribution is 0.0915. The van der Waals surface area contributed by atoms with Crippen LogP contribution in [0.25, 0.3) is 11.0 Å². The number of hydrogen-bond acceptors (Lipinski definition) is 5. The van der Waals surface area contributed by atoms with E-state index in [2.05, 4.69) is 10.3 Å². The average molecular weight is 366 g/mol. The molecular weight excluding hydrogens is 348 g/mol. The summed E-state index contributed by atoms with van der Waals surface area (Å²) in [6.45, 7) is 0.375. The van der Waals surface area contributed by atoms with Gasteiger partial charge in [-0.25, -0.2) is 9.78 Å². The minimum atomic E-state index is -0.481. The molecule has 2 aromatic heterocycles. The Morgan fingerprint density at radius 3 is 2.81 bits per heavy atom. The van der Waals surface area contributed by atoms with Gasteiger partial charge in [-0.3, -0.25) is 18.7 Å². The summed E-state index contributed by atoms with van der Waals surface area (Å²) in [5.74, 6) is 0.494. The maximum atomic E-state index is 12.6. The highest BCUT2D eigenvalue weighted by Crippen LogP contribution is 2.24. The lowest BCUT2D eigenvalue weighted by Gasteiger charge is -2.26. The van der Waals surface area contributed by atoms with Crippen molar-refractivity contribution >= 4 is 16.9 Å². The highest BCUT2D eigenvalue weighted by molar-refractivity contribution is 5.96. The number of para-hydroxylation sites is 1. The van der Waals surface area contributed by atoms with Crippen molar-refractivity contribution in [3.05, 3.63) is 68.5 Å². The van der Waals surface area contributed by atoms with Crippen LogP contribution in [-0.4, -0.2) is 32.7 Å². The Labute approximate surface area is 154 Å². The molecule has 3 heterocycles. The first-order valence-corrected chi connectivity index (χ1v) is 8.53. The van der Waals surface area contributed by atoms with E-state index in [0.29, 0.717) is 13.0 Å². The van der Waals surface area contributed by atoms with Gasteiger partial charge in [0.2, 0.25) is 0 Å². The van der Waals surface area contributed by atoms with Crippen LogP contribution in [0.5, 0.6) is 5.75 Å². The van der Waals surface area contributed by atoms with Gasteiger partial charge in [0.25, 0.3) is 11.5 Å². The number of hydrogen-bond donors (Lipinski definition) is 1.